The molecule has 1 saturated carbocycles. The molecule has 6 heteroatoms. The molecule has 0 saturated heterocycles. The highest BCUT2D eigenvalue weighted by molar-refractivity contribution is 5.45. The van der Waals surface area contributed by atoms with E-state index in [0.29, 0.717) is 18.0 Å². The van der Waals surface area contributed by atoms with Crippen LogP contribution in [0, 0.1) is 12.7 Å². The van der Waals surface area contributed by atoms with Crippen LogP contribution < -0.4 is 5.56 Å². The molecule has 120 valence electrons. The largest absolute Gasteiger partial charge is 0.305 e. The molecule has 1 fully saturated rings. The number of fused-ring (bicyclic) bond motifs is 1. The minimum absolute atomic E-state index is 0. The number of nitrogens with zero attached hydrogens (tertiary/aromatic N) is 3. The minimum Gasteiger partial charge on any atom is -0.305 e. The second-order valence-corrected chi connectivity index (χ2v) is 5.94. The highest BCUT2D eigenvalue weighted by Crippen LogP contribution is 2.39. The lowest BCUT2D eigenvalue weighted by Crippen LogP contribution is -2.25. The van der Waals surface area contributed by atoms with Crippen LogP contribution in [0.2, 0.25) is 0 Å². The number of rotatable bonds is 3. The first-order valence-corrected chi connectivity index (χ1v) is 7.45. The smallest absolute Gasteiger partial charge is 0.276 e. The van der Waals surface area contributed by atoms with Crippen LogP contribution in [0.4, 0.5) is 9.09 Å². The fourth-order valence-electron chi connectivity index (χ4n) is 2.88. The summed E-state index contributed by atoms with van der Waals surface area (Å²) in [5.41, 5.74) is 2.13. The summed E-state index contributed by atoms with van der Waals surface area (Å²) in [7, 11) is 0. The molecule has 0 bridgehead atoms. The van der Waals surface area contributed by atoms with Crippen molar-refractivity contribution in [1.82, 2.24) is 14.0 Å². The molecule has 1 aromatic carbocycles. The van der Waals surface area contributed by atoms with Crippen molar-refractivity contribution in [3.05, 3.63) is 69.9 Å². The van der Waals surface area contributed by atoms with Crippen LogP contribution in [0.1, 0.15) is 35.8 Å². The molecule has 0 radical (unpaired) electrons. The van der Waals surface area contributed by atoms with Gasteiger partial charge in [0, 0.05) is 17.8 Å². The molecule has 0 amide bonds. The standard InChI is InChI=1S/C17H16FN3O.FH/c1-11-9-21-15(8-19-16(21)13-5-6-13)17(22)20(11)10-12-3-2-4-14(18)7-12;/h2-4,7-9,13H,5-6,10H2,1H3;1H. The highest BCUT2D eigenvalue weighted by Gasteiger charge is 2.28. The number of halogens is 2. The van der Waals surface area contributed by atoms with Gasteiger partial charge in [-0.2, -0.15) is 0 Å². The van der Waals surface area contributed by atoms with E-state index in [1.807, 2.05) is 23.6 Å². The molecule has 0 N–H and O–H groups in total. The molecule has 1 aliphatic rings. The third-order valence-corrected chi connectivity index (χ3v) is 4.20. The molecule has 1 aliphatic carbocycles. The molecule has 0 aliphatic heterocycles. The van der Waals surface area contributed by atoms with Crippen molar-refractivity contribution < 1.29 is 9.09 Å². The van der Waals surface area contributed by atoms with Gasteiger partial charge < -0.3 is 4.57 Å². The van der Waals surface area contributed by atoms with Gasteiger partial charge in [-0.05, 0) is 37.5 Å². The average Bonchev–Trinajstić information content (AvgIpc) is 3.24. The molecular weight excluding hydrogens is 300 g/mol. The lowest BCUT2D eigenvalue weighted by atomic mass is 10.2. The fourth-order valence-corrected chi connectivity index (χ4v) is 2.88. The molecule has 2 aromatic heterocycles. The van der Waals surface area contributed by atoms with Crippen molar-refractivity contribution in [3.8, 4) is 0 Å². The maximum absolute atomic E-state index is 13.3. The van der Waals surface area contributed by atoms with Crippen molar-refractivity contribution >= 4 is 5.52 Å². The van der Waals surface area contributed by atoms with E-state index >= 15 is 0 Å². The Kier molecular flexibility index (Phi) is 3.75. The highest BCUT2D eigenvalue weighted by atomic mass is 19.1. The lowest BCUT2D eigenvalue weighted by Gasteiger charge is -2.12. The second-order valence-electron chi connectivity index (χ2n) is 5.94. The third-order valence-electron chi connectivity index (χ3n) is 4.20. The lowest BCUT2D eigenvalue weighted by molar-refractivity contribution is 0.621. The summed E-state index contributed by atoms with van der Waals surface area (Å²) in [5.74, 6) is 1.18. The minimum atomic E-state index is -0.287. The van der Waals surface area contributed by atoms with Crippen LogP contribution in [0.15, 0.2) is 41.5 Å². The molecule has 3 aromatic rings. The Morgan fingerprint density at radius 2 is 2.13 bits per heavy atom. The predicted octanol–water partition coefficient (Wildman–Crippen LogP) is 3.02. The zero-order chi connectivity index (χ0) is 15.3. The topological polar surface area (TPSA) is 39.3 Å². The Labute approximate surface area is 131 Å². The van der Waals surface area contributed by atoms with Gasteiger partial charge in [0.15, 0.2) is 0 Å². The Hall–Kier alpha value is -2.50. The average molecular weight is 317 g/mol. The number of aryl methyl sites for hydroxylation is 1. The van der Waals surface area contributed by atoms with E-state index in [4.69, 9.17) is 0 Å². The van der Waals surface area contributed by atoms with Gasteiger partial charge in [-0.25, -0.2) is 9.37 Å². The van der Waals surface area contributed by atoms with Crippen molar-refractivity contribution in [3.63, 3.8) is 0 Å². The molecule has 0 spiro atoms. The quantitative estimate of drug-likeness (QED) is 0.745. The van der Waals surface area contributed by atoms with Crippen LogP contribution in [-0.4, -0.2) is 14.0 Å². The number of benzene rings is 1. The number of hydrogen-bond acceptors (Lipinski definition) is 2. The second kappa shape index (κ2) is 5.61. The Morgan fingerprint density at radius 3 is 2.83 bits per heavy atom. The Bertz CT molecular complexity index is 925. The van der Waals surface area contributed by atoms with Gasteiger partial charge in [0.1, 0.15) is 17.2 Å². The zero-order valence-electron chi connectivity index (χ0n) is 12.7. The number of aromatic nitrogens is 3. The van der Waals surface area contributed by atoms with Crippen molar-refractivity contribution in [1.29, 1.82) is 0 Å². The predicted molar refractivity (Wildman–Crippen MR) is 84.2 cm³/mol. The molecule has 23 heavy (non-hydrogen) atoms. The number of hydrogen-bond donors (Lipinski definition) is 0. The van der Waals surface area contributed by atoms with E-state index in [1.54, 1.807) is 16.8 Å². The first-order chi connectivity index (χ1) is 10.6. The fraction of sp³-hybridized carbons (Fsp3) is 0.294. The summed E-state index contributed by atoms with van der Waals surface area (Å²) in [6.45, 7) is 2.26. The Balaban J connectivity index is 0.00000156. The van der Waals surface area contributed by atoms with Crippen LogP contribution in [-0.2, 0) is 6.54 Å². The van der Waals surface area contributed by atoms with E-state index in [1.165, 1.54) is 12.1 Å². The molecule has 4 rings (SSSR count). The van der Waals surface area contributed by atoms with E-state index in [-0.39, 0.29) is 16.1 Å². The summed E-state index contributed by atoms with van der Waals surface area (Å²) in [6.07, 6.45) is 5.89. The first-order valence-electron chi connectivity index (χ1n) is 7.45. The van der Waals surface area contributed by atoms with Gasteiger partial charge in [-0.15, -0.1) is 0 Å². The van der Waals surface area contributed by atoms with Crippen molar-refractivity contribution in [2.45, 2.75) is 32.2 Å². The summed E-state index contributed by atoms with van der Waals surface area (Å²) in [4.78, 5) is 17.1. The summed E-state index contributed by atoms with van der Waals surface area (Å²) >= 11 is 0. The van der Waals surface area contributed by atoms with E-state index in [9.17, 15) is 9.18 Å². The zero-order valence-corrected chi connectivity index (χ0v) is 12.7. The normalized spacial score (nSPS) is 14.0. The summed E-state index contributed by atoms with van der Waals surface area (Å²) < 4.78 is 16.9. The summed E-state index contributed by atoms with van der Waals surface area (Å²) in [6, 6.07) is 6.35. The third kappa shape index (κ3) is 2.65. The van der Waals surface area contributed by atoms with Crippen molar-refractivity contribution in [2.24, 2.45) is 0 Å². The maximum atomic E-state index is 13.3. The van der Waals surface area contributed by atoms with Gasteiger partial charge in [-0.3, -0.25) is 13.9 Å². The van der Waals surface area contributed by atoms with Gasteiger partial charge in [-0.1, -0.05) is 12.1 Å². The molecule has 0 unspecified atom stereocenters. The monoisotopic (exact) mass is 317 g/mol. The van der Waals surface area contributed by atoms with Gasteiger partial charge in [0.25, 0.3) is 5.56 Å². The molecule has 4 nitrogen and oxygen atoms in total. The molecular formula is C17H17F2N3O. The van der Waals surface area contributed by atoms with Crippen LogP contribution >= 0.6 is 0 Å². The van der Waals surface area contributed by atoms with Crippen molar-refractivity contribution in [2.75, 3.05) is 0 Å². The van der Waals surface area contributed by atoms with Gasteiger partial charge >= 0.3 is 0 Å². The Morgan fingerprint density at radius 1 is 1.35 bits per heavy atom. The van der Waals surface area contributed by atoms with Crippen LogP contribution in [0.3, 0.4) is 0 Å². The van der Waals surface area contributed by atoms with E-state index in [0.717, 1.165) is 29.9 Å². The van der Waals surface area contributed by atoms with Crippen LogP contribution in [0.5, 0.6) is 0 Å². The SMILES string of the molecule is Cc1cn2c(C3CC3)ncc2c(=O)n1Cc1cccc(F)c1.F. The molecule has 2 heterocycles. The van der Waals surface area contributed by atoms with Gasteiger partial charge in [0.2, 0.25) is 0 Å². The van der Waals surface area contributed by atoms with Crippen LogP contribution in [0.25, 0.3) is 5.52 Å². The van der Waals surface area contributed by atoms with Gasteiger partial charge in [0.05, 0.1) is 12.7 Å². The number of imidazole rings is 1. The van der Waals surface area contributed by atoms with E-state index < -0.39 is 0 Å². The first kappa shape index (κ1) is 15.4. The molecule has 0 atom stereocenters. The summed E-state index contributed by atoms with van der Waals surface area (Å²) in [5, 5.41) is 0. The van der Waals surface area contributed by atoms with E-state index in [2.05, 4.69) is 4.98 Å². The maximum Gasteiger partial charge on any atom is 0.276 e.